The van der Waals surface area contributed by atoms with E-state index in [9.17, 15) is 4.39 Å². The van der Waals surface area contributed by atoms with Gasteiger partial charge >= 0.3 is 0 Å². The van der Waals surface area contributed by atoms with E-state index in [4.69, 9.17) is 11.6 Å². The van der Waals surface area contributed by atoms with Crippen LogP contribution in [-0.4, -0.2) is 32.2 Å². The molecule has 7 heteroatoms. The van der Waals surface area contributed by atoms with Gasteiger partial charge < -0.3 is 4.90 Å². The number of hydrogen-bond acceptors (Lipinski definition) is 4. The van der Waals surface area contributed by atoms with Crippen molar-refractivity contribution in [3.63, 3.8) is 0 Å². The van der Waals surface area contributed by atoms with Crippen molar-refractivity contribution >= 4 is 23.2 Å². The summed E-state index contributed by atoms with van der Waals surface area (Å²) in [4.78, 5) is 10.7. The molecule has 124 valence electrons. The van der Waals surface area contributed by atoms with Crippen LogP contribution in [0.1, 0.15) is 26.2 Å². The molecule has 0 saturated carbocycles. The summed E-state index contributed by atoms with van der Waals surface area (Å²) in [7, 11) is 0. The smallest absolute Gasteiger partial charge is 0.255 e. The molecule has 0 amide bonds. The van der Waals surface area contributed by atoms with Gasteiger partial charge in [0.25, 0.3) is 5.78 Å². The lowest BCUT2D eigenvalue weighted by molar-refractivity contribution is 0.478. The Bertz CT molecular complexity index is 894. The lowest BCUT2D eigenvalue weighted by atomic mass is 10.0. The summed E-state index contributed by atoms with van der Waals surface area (Å²) in [6, 6.07) is 6.93. The number of nitrogens with zero attached hydrogens (tertiary/aromatic N) is 5. The van der Waals surface area contributed by atoms with E-state index in [-0.39, 0.29) is 11.0 Å². The molecular formula is C17H17ClFN5. The van der Waals surface area contributed by atoms with Crippen LogP contribution in [0.4, 0.5) is 10.2 Å². The molecule has 1 aromatic carbocycles. The number of piperidine rings is 1. The molecule has 1 aliphatic heterocycles. The number of benzene rings is 1. The first-order chi connectivity index (χ1) is 11.7. The predicted octanol–water partition coefficient (Wildman–Crippen LogP) is 3.96. The number of anilines is 1. The average molecular weight is 346 g/mol. The molecule has 0 radical (unpaired) electrons. The molecule has 1 saturated heterocycles. The van der Waals surface area contributed by atoms with E-state index in [2.05, 4.69) is 26.9 Å². The summed E-state index contributed by atoms with van der Waals surface area (Å²) in [5.74, 6) is 0.860. The summed E-state index contributed by atoms with van der Waals surface area (Å²) in [6.07, 6.45) is 4.79. The van der Waals surface area contributed by atoms with Crippen LogP contribution in [0.25, 0.3) is 16.9 Å². The average Bonchev–Trinajstić information content (AvgIpc) is 3.03. The fourth-order valence-electron chi connectivity index (χ4n) is 3.38. The highest BCUT2D eigenvalue weighted by Gasteiger charge is 2.28. The molecule has 24 heavy (non-hydrogen) atoms. The van der Waals surface area contributed by atoms with Crippen LogP contribution in [0.15, 0.2) is 30.6 Å². The highest BCUT2D eigenvalue weighted by atomic mass is 35.5. The first-order valence-corrected chi connectivity index (χ1v) is 8.45. The van der Waals surface area contributed by atoms with Gasteiger partial charge in [-0.15, -0.1) is 0 Å². The third-order valence-corrected chi connectivity index (χ3v) is 4.85. The molecule has 0 N–H and O–H groups in total. The summed E-state index contributed by atoms with van der Waals surface area (Å²) >= 11 is 6.45. The molecule has 0 spiro atoms. The Morgan fingerprint density at radius 1 is 1.25 bits per heavy atom. The number of hydrogen-bond donors (Lipinski definition) is 0. The van der Waals surface area contributed by atoms with Gasteiger partial charge in [0.05, 0.1) is 5.56 Å². The van der Waals surface area contributed by atoms with E-state index in [0.717, 1.165) is 25.2 Å². The molecule has 0 bridgehead atoms. The van der Waals surface area contributed by atoms with Crippen LogP contribution < -0.4 is 4.90 Å². The van der Waals surface area contributed by atoms with Gasteiger partial charge in [0.15, 0.2) is 0 Å². The number of halogens is 2. The fraction of sp³-hybridized carbons (Fsp3) is 0.353. The first-order valence-electron chi connectivity index (χ1n) is 8.07. The molecule has 1 atom stereocenters. The molecule has 1 unspecified atom stereocenters. The van der Waals surface area contributed by atoms with Crippen molar-refractivity contribution in [1.82, 2.24) is 19.6 Å². The molecule has 1 aliphatic rings. The second-order valence-electron chi connectivity index (χ2n) is 6.09. The molecule has 0 aliphatic carbocycles. The van der Waals surface area contributed by atoms with Gasteiger partial charge in [-0.1, -0.05) is 29.8 Å². The highest BCUT2D eigenvalue weighted by Crippen LogP contribution is 2.39. The van der Waals surface area contributed by atoms with Gasteiger partial charge in [-0.05, 0) is 32.3 Å². The van der Waals surface area contributed by atoms with Gasteiger partial charge in [-0.2, -0.15) is 19.6 Å². The summed E-state index contributed by atoms with van der Waals surface area (Å²) in [5, 5.41) is 4.55. The zero-order valence-electron chi connectivity index (χ0n) is 13.3. The van der Waals surface area contributed by atoms with E-state index >= 15 is 0 Å². The largest absolute Gasteiger partial charge is 0.353 e. The van der Waals surface area contributed by atoms with E-state index in [1.54, 1.807) is 22.7 Å². The SMILES string of the molecule is CC1CCCCN1c1c(-c2ccccc2F)c(Cl)nc2ncnn12. The first kappa shape index (κ1) is 15.3. The Balaban J connectivity index is 2.03. The van der Waals surface area contributed by atoms with E-state index in [1.165, 1.54) is 18.8 Å². The monoisotopic (exact) mass is 345 g/mol. The predicted molar refractivity (Wildman–Crippen MR) is 91.8 cm³/mol. The van der Waals surface area contributed by atoms with Crippen molar-refractivity contribution in [1.29, 1.82) is 0 Å². The fourth-order valence-corrected chi connectivity index (χ4v) is 3.64. The summed E-state index contributed by atoms with van der Waals surface area (Å²) in [6.45, 7) is 3.04. The molecule has 4 rings (SSSR count). The lowest BCUT2D eigenvalue weighted by Crippen LogP contribution is -2.39. The maximum Gasteiger partial charge on any atom is 0.255 e. The maximum atomic E-state index is 14.5. The van der Waals surface area contributed by atoms with Crippen molar-refractivity contribution < 1.29 is 4.39 Å². The molecule has 2 aromatic heterocycles. The van der Waals surface area contributed by atoms with Gasteiger partial charge in [0, 0.05) is 18.2 Å². The quantitative estimate of drug-likeness (QED) is 0.659. The van der Waals surface area contributed by atoms with Gasteiger partial charge in [-0.25, -0.2) is 4.39 Å². The van der Waals surface area contributed by atoms with Gasteiger partial charge in [-0.3, -0.25) is 0 Å². The lowest BCUT2D eigenvalue weighted by Gasteiger charge is -2.36. The summed E-state index contributed by atoms with van der Waals surface area (Å²) < 4.78 is 16.1. The molecule has 3 heterocycles. The van der Waals surface area contributed by atoms with Crippen molar-refractivity contribution in [3.8, 4) is 11.1 Å². The minimum Gasteiger partial charge on any atom is -0.353 e. The number of rotatable bonds is 2. The third kappa shape index (κ3) is 2.41. The van der Waals surface area contributed by atoms with E-state index < -0.39 is 0 Å². The van der Waals surface area contributed by atoms with Crippen LogP contribution in [-0.2, 0) is 0 Å². The van der Waals surface area contributed by atoms with Crippen LogP contribution in [0, 0.1) is 5.82 Å². The van der Waals surface area contributed by atoms with Gasteiger partial charge in [0.2, 0.25) is 0 Å². The third-order valence-electron chi connectivity index (χ3n) is 4.58. The molecule has 3 aromatic rings. The zero-order valence-corrected chi connectivity index (χ0v) is 14.0. The molecule has 1 fully saturated rings. The second-order valence-corrected chi connectivity index (χ2v) is 6.45. The van der Waals surface area contributed by atoms with Crippen molar-refractivity contribution in [2.45, 2.75) is 32.2 Å². The number of fused-ring (bicyclic) bond motifs is 1. The van der Waals surface area contributed by atoms with Crippen molar-refractivity contribution in [2.75, 3.05) is 11.4 Å². The molecule has 5 nitrogen and oxygen atoms in total. The normalized spacial score (nSPS) is 18.3. The highest BCUT2D eigenvalue weighted by molar-refractivity contribution is 6.33. The zero-order chi connectivity index (χ0) is 16.7. The maximum absolute atomic E-state index is 14.5. The minimum absolute atomic E-state index is 0.244. The van der Waals surface area contributed by atoms with Crippen LogP contribution in [0.5, 0.6) is 0 Å². The van der Waals surface area contributed by atoms with Gasteiger partial charge in [0.1, 0.15) is 23.1 Å². The Hall–Kier alpha value is -2.21. The van der Waals surface area contributed by atoms with Crippen LogP contribution in [0.2, 0.25) is 5.15 Å². The van der Waals surface area contributed by atoms with E-state index in [0.29, 0.717) is 22.9 Å². The standard InChI is InChI=1S/C17H17ClFN5/c1-11-6-4-5-9-23(11)16-14(12-7-2-3-8-13(12)19)15(18)22-17-20-10-21-24(16)17/h2-3,7-8,10-11H,4-6,9H2,1H3. The van der Waals surface area contributed by atoms with Crippen LogP contribution >= 0.6 is 11.6 Å². The van der Waals surface area contributed by atoms with Crippen molar-refractivity contribution in [3.05, 3.63) is 41.6 Å². The minimum atomic E-state index is -0.327. The topological polar surface area (TPSA) is 46.3 Å². The Morgan fingerprint density at radius 2 is 2.08 bits per heavy atom. The number of aromatic nitrogens is 4. The van der Waals surface area contributed by atoms with E-state index in [1.807, 2.05) is 0 Å². The summed E-state index contributed by atoms with van der Waals surface area (Å²) in [5.41, 5.74) is 1.00. The Labute approximate surface area is 144 Å². The van der Waals surface area contributed by atoms with Crippen molar-refractivity contribution in [2.24, 2.45) is 0 Å². The Morgan fingerprint density at radius 3 is 2.88 bits per heavy atom. The Kier molecular flexibility index (Phi) is 3.84. The second kappa shape index (κ2) is 6.02. The van der Waals surface area contributed by atoms with Crippen LogP contribution in [0.3, 0.4) is 0 Å². The molecular weight excluding hydrogens is 329 g/mol.